The van der Waals surface area contributed by atoms with Gasteiger partial charge in [-0.2, -0.15) is 0 Å². The van der Waals surface area contributed by atoms with Gasteiger partial charge in [0.1, 0.15) is 0 Å². The zero-order valence-electron chi connectivity index (χ0n) is 10.1. The third-order valence-electron chi connectivity index (χ3n) is 2.33. The van der Waals surface area contributed by atoms with Gasteiger partial charge >= 0.3 is 5.97 Å². The lowest BCUT2D eigenvalue weighted by atomic mass is 10.1. The fourth-order valence-corrected chi connectivity index (χ4v) is 2.13. The second-order valence-electron chi connectivity index (χ2n) is 3.28. The molecule has 0 aliphatic carbocycles. The molecule has 0 saturated carbocycles. The molecular formula is C11H13BrO6. The minimum atomic E-state index is -1.73. The minimum absolute atomic E-state index is 0.0719. The van der Waals surface area contributed by atoms with Crippen LogP contribution in [0.25, 0.3) is 0 Å². The predicted octanol–water partition coefficient (Wildman–Crippen LogP) is 1.59. The number of rotatable bonds is 5. The van der Waals surface area contributed by atoms with Crippen LogP contribution in [0.2, 0.25) is 0 Å². The Bertz CT molecular complexity index is 459. The molecule has 0 spiro atoms. The highest BCUT2D eigenvalue weighted by atomic mass is 79.9. The van der Waals surface area contributed by atoms with Gasteiger partial charge in [-0.15, -0.1) is 0 Å². The van der Waals surface area contributed by atoms with Gasteiger partial charge in [-0.25, -0.2) is 4.79 Å². The molecule has 6 nitrogen and oxygen atoms in total. The number of aliphatic carboxylic acids is 1. The maximum absolute atomic E-state index is 10.9. The summed E-state index contributed by atoms with van der Waals surface area (Å²) in [7, 11) is 4.18. The number of carboxylic acid groups (broad SMARTS) is 1. The molecule has 0 aliphatic rings. The lowest BCUT2D eigenvalue weighted by molar-refractivity contribution is -0.147. The topological polar surface area (TPSA) is 85.2 Å². The molecule has 0 fully saturated rings. The van der Waals surface area contributed by atoms with E-state index >= 15 is 0 Å². The number of benzene rings is 1. The van der Waals surface area contributed by atoms with Crippen LogP contribution in [0.15, 0.2) is 10.5 Å². The number of hydrogen-bond acceptors (Lipinski definition) is 5. The molecule has 0 bridgehead atoms. The quantitative estimate of drug-likeness (QED) is 0.857. The molecule has 7 heteroatoms. The molecule has 0 radical (unpaired) electrons. The molecule has 0 heterocycles. The Morgan fingerprint density at radius 2 is 1.78 bits per heavy atom. The van der Waals surface area contributed by atoms with Crippen molar-refractivity contribution in [1.29, 1.82) is 0 Å². The number of aliphatic hydroxyl groups is 1. The average molecular weight is 321 g/mol. The van der Waals surface area contributed by atoms with Crippen LogP contribution >= 0.6 is 15.9 Å². The summed E-state index contributed by atoms with van der Waals surface area (Å²) in [5.74, 6) is -0.694. The molecule has 1 aromatic rings. The van der Waals surface area contributed by atoms with Crippen LogP contribution in [0.3, 0.4) is 0 Å². The maximum atomic E-state index is 10.9. The maximum Gasteiger partial charge on any atom is 0.337 e. The van der Waals surface area contributed by atoms with Gasteiger partial charge in [-0.05, 0) is 6.07 Å². The molecular weight excluding hydrogens is 308 g/mol. The zero-order valence-corrected chi connectivity index (χ0v) is 11.6. The molecule has 1 aromatic carbocycles. The summed E-state index contributed by atoms with van der Waals surface area (Å²) >= 11 is 3.17. The smallest absolute Gasteiger partial charge is 0.337 e. The number of ether oxygens (including phenoxy) is 3. The number of aliphatic hydroxyl groups excluding tert-OH is 1. The Balaban J connectivity index is 3.55. The summed E-state index contributed by atoms with van der Waals surface area (Å²) in [6.07, 6.45) is -1.73. The summed E-state index contributed by atoms with van der Waals surface area (Å²) in [6.45, 7) is 0. The number of methoxy groups -OCH3 is 3. The SMILES string of the molecule is COc1cc(Br)c(C(O)C(=O)O)c(OC)c1OC. The van der Waals surface area contributed by atoms with Crippen molar-refractivity contribution >= 4 is 21.9 Å². The molecule has 1 unspecified atom stereocenters. The second-order valence-corrected chi connectivity index (χ2v) is 4.14. The van der Waals surface area contributed by atoms with E-state index in [0.717, 1.165) is 0 Å². The van der Waals surface area contributed by atoms with Gasteiger partial charge in [0.15, 0.2) is 17.6 Å². The molecule has 0 aromatic heterocycles. The van der Waals surface area contributed by atoms with Crippen molar-refractivity contribution in [1.82, 2.24) is 0 Å². The number of hydrogen-bond donors (Lipinski definition) is 2. The molecule has 2 N–H and O–H groups in total. The van der Waals surface area contributed by atoms with Crippen molar-refractivity contribution in [3.05, 3.63) is 16.1 Å². The summed E-state index contributed by atoms with van der Waals surface area (Å²) in [5, 5.41) is 18.5. The highest BCUT2D eigenvalue weighted by Crippen LogP contribution is 2.46. The highest BCUT2D eigenvalue weighted by molar-refractivity contribution is 9.10. The summed E-state index contributed by atoms with van der Waals surface area (Å²) in [5.41, 5.74) is 0.0719. The van der Waals surface area contributed by atoms with Gasteiger partial charge < -0.3 is 24.4 Å². The van der Waals surface area contributed by atoms with Crippen LogP contribution in [0.1, 0.15) is 11.7 Å². The van der Waals surface area contributed by atoms with Crippen molar-refractivity contribution in [3.63, 3.8) is 0 Å². The standard InChI is InChI=1S/C11H13BrO6/c1-16-6-4-5(12)7(8(13)11(14)15)10(18-3)9(6)17-2/h4,8,13H,1-3H3,(H,14,15). The van der Waals surface area contributed by atoms with Crippen LogP contribution in [0.5, 0.6) is 17.2 Å². The van der Waals surface area contributed by atoms with E-state index in [1.165, 1.54) is 27.4 Å². The third-order valence-corrected chi connectivity index (χ3v) is 2.98. The number of carboxylic acids is 1. The molecule has 18 heavy (non-hydrogen) atoms. The highest BCUT2D eigenvalue weighted by Gasteiger charge is 2.28. The summed E-state index contributed by atoms with van der Waals surface area (Å²) in [6, 6.07) is 1.50. The lowest BCUT2D eigenvalue weighted by Crippen LogP contribution is -2.13. The van der Waals surface area contributed by atoms with Gasteiger partial charge in [0.2, 0.25) is 5.75 Å². The fraction of sp³-hybridized carbons (Fsp3) is 0.364. The first kappa shape index (κ1) is 14.6. The largest absolute Gasteiger partial charge is 0.493 e. The van der Waals surface area contributed by atoms with E-state index in [4.69, 9.17) is 19.3 Å². The number of halogens is 1. The Kier molecular flexibility index (Phi) is 4.80. The van der Waals surface area contributed by atoms with E-state index in [2.05, 4.69) is 15.9 Å². The van der Waals surface area contributed by atoms with E-state index in [1.807, 2.05) is 0 Å². The minimum Gasteiger partial charge on any atom is -0.493 e. The van der Waals surface area contributed by atoms with Crippen LogP contribution in [0, 0.1) is 0 Å². The summed E-state index contributed by atoms with van der Waals surface area (Å²) in [4.78, 5) is 10.9. The Labute approximate surface area is 112 Å². The third kappa shape index (κ3) is 2.51. The van der Waals surface area contributed by atoms with E-state index in [0.29, 0.717) is 10.2 Å². The van der Waals surface area contributed by atoms with E-state index < -0.39 is 12.1 Å². The van der Waals surface area contributed by atoms with Crippen molar-refractivity contribution < 1.29 is 29.2 Å². The van der Waals surface area contributed by atoms with Gasteiger partial charge in [0.25, 0.3) is 0 Å². The lowest BCUT2D eigenvalue weighted by Gasteiger charge is -2.18. The molecule has 0 aliphatic heterocycles. The van der Waals surface area contributed by atoms with Crippen LogP contribution < -0.4 is 14.2 Å². The van der Waals surface area contributed by atoms with E-state index in [9.17, 15) is 9.90 Å². The first-order valence-corrected chi connectivity index (χ1v) is 5.66. The van der Waals surface area contributed by atoms with Gasteiger partial charge in [-0.1, -0.05) is 15.9 Å². The van der Waals surface area contributed by atoms with Crippen molar-refractivity contribution in [2.45, 2.75) is 6.10 Å². The monoisotopic (exact) mass is 320 g/mol. The van der Waals surface area contributed by atoms with E-state index in [1.54, 1.807) is 0 Å². The van der Waals surface area contributed by atoms with Gasteiger partial charge in [-0.3, -0.25) is 0 Å². The molecule has 0 amide bonds. The Hall–Kier alpha value is -1.47. The van der Waals surface area contributed by atoms with Gasteiger partial charge in [0, 0.05) is 4.47 Å². The Morgan fingerprint density at radius 3 is 2.17 bits per heavy atom. The van der Waals surface area contributed by atoms with Crippen molar-refractivity contribution in [3.8, 4) is 17.2 Å². The zero-order chi connectivity index (χ0) is 13.9. The van der Waals surface area contributed by atoms with E-state index in [-0.39, 0.29) is 17.1 Å². The van der Waals surface area contributed by atoms with Gasteiger partial charge in [0.05, 0.1) is 26.9 Å². The predicted molar refractivity (Wildman–Crippen MR) is 66.4 cm³/mol. The first-order valence-electron chi connectivity index (χ1n) is 4.87. The normalized spacial score (nSPS) is 11.8. The van der Waals surface area contributed by atoms with Crippen LogP contribution in [0.4, 0.5) is 0 Å². The van der Waals surface area contributed by atoms with Crippen LogP contribution in [-0.4, -0.2) is 37.5 Å². The molecule has 1 atom stereocenters. The number of carbonyl (C=O) groups is 1. The molecule has 1 rings (SSSR count). The first-order chi connectivity index (χ1) is 8.47. The Morgan fingerprint density at radius 1 is 1.22 bits per heavy atom. The summed E-state index contributed by atoms with van der Waals surface area (Å²) < 4.78 is 15.7. The van der Waals surface area contributed by atoms with Crippen molar-refractivity contribution in [2.24, 2.45) is 0 Å². The van der Waals surface area contributed by atoms with Crippen LogP contribution in [-0.2, 0) is 4.79 Å². The molecule has 100 valence electrons. The average Bonchev–Trinajstić information content (AvgIpc) is 2.36. The second kappa shape index (κ2) is 5.92. The van der Waals surface area contributed by atoms with Crippen molar-refractivity contribution in [2.75, 3.05) is 21.3 Å². The fourth-order valence-electron chi connectivity index (χ4n) is 1.53. The molecule has 0 saturated heterocycles.